The Hall–Kier alpha value is -3.34. The molecule has 2 amide bonds. The lowest BCUT2D eigenvalue weighted by Gasteiger charge is -2.23. The smallest absolute Gasteiger partial charge is 0.252 e. The summed E-state index contributed by atoms with van der Waals surface area (Å²) in [5, 5.41) is 25.3. The number of nitrogens with two attached hydrogens (primary N) is 1. The van der Waals surface area contributed by atoms with E-state index in [2.05, 4.69) is 36.4 Å². The molecule has 2 heterocycles. The number of aromatic nitrogens is 6. The second-order valence-electron chi connectivity index (χ2n) is 7.92. The summed E-state index contributed by atoms with van der Waals surface area (Å²) in [6, 6.07) is 4.59. The molecule has 5 N–H and O–H groups in total. The molecule has 1 aliphatic carbocycles. The molecule has 0 bridgehead atoms. The number of fused-ring (bicyclic) bond motifs is 1. The normalized spacial score (nSPS) is 19.4. The molecule has 11 heteroatoms. The Bertz CT molecular complexity index is 1050. The lowest BCUT2D eigenvalue weighted by Crippen LogP contribution is -2.50. The van der Waals surface area contributed by atoms with Crippen molar-refractivity contribution in [1.29, 1.82) is 0 Å². The largest absolute Gasteiger partial charge is 0.351 e. The number of nitrogens with zero attached hydrogens (tertiary/aromatic N) is 5. The van der Waals surface area contributed by atoms with Crippen LogP contribution in [0.5, 0.6) is 0 Å². The van der Waals surface area contributed by atoms with Crippen molar-refractivity contribution in [1.82, 2.24) is 41.0 Å². The van der Waals surface area contributed by atoms with E-state index in [9.17, 15) is 9.59 Å². The lowest BCUT2D eigenvalue weighted by atomic mass is 10.0. The van der Waals surface area contributed by atoms with E-state index in [-0.39, 0.29) is 23.8 Å². The first kappa shape index (κ1) is 20.9. The van der Waals surface area contributed by atoms with E-state index in [4.69, 9.17) is 5.73 Å². The summed E-state index contributed by atoms with van der Waals surface area (Å²) >= 11 is 0. The van der Waals surface area contributed by atoms with Crippen LogP contribution in [0.1, 0.15) is 54.2 Å². The third kappa shape index (κ3) is 4.55. The van der Waals surface area contributed by atoms with Crippen LogP contribution in [-0.4, -0.2) is 60.8 Å². The van der Waals surface area contributed by atoms with Gasteiger partial charge in [-0.2, -0.15) is 10.3 Å². The Labute approximate surface area is 179 Å². The molecule has 0 radical (unpaired) electrons. The van der Waals surface area contributed by atoms with Gasteiger partial charge in [0.05, 0.1) is 11.1 Å². The summed E-state index contributed by atoms with van der Waals surface area (Å²) in [5.41, 5.74) is 6.88. The standard InChI is InChI=1S/C20H27N9O2/c1-29-11-14-12(5-2-8-16(14)26-29)19(30)23-17(9-4-10-21)20(31)22-15-7-3-6-13(15)18-24-27-28-25-18/h2,5,8,11,13,15,17H,3-4,6-7,9-10,21H2,1H3,(H,22,31)(H,23,30)(H,24,25,27,28)/t13-,15?,17+/m1/s1. The van der Waals surface area contributed by atoms with E-state index in [1.54, 1.807) is 30.1 Å². The van der Waals surface area contributed by atoms with Gasteiger partial charge in [0.25, 0.3) is 5.91 Å². The first-order chi connectivity index (χ1) is 15.1. The number of aromatic amines is 1. The van der Waals surface area contributed by atoms with E-state index in [0.717, 1.165) is 30.2 Å². The number of nitrogens with one attached hydrogen (secondary N) is 3. The van der Waals surface area contributed by atoms with Crippen molar-refractivity contribution in [3.8, 4) is 0 Å². The molecule has 1 aliphatic rings. The Kier molecular flexibility index (Phi) is 6.21. The number of benzene rings is 1. The van der Waals surface area contributed by atoms with Crippen LogP contribution in [0.4, 0.5) is 0 Å². The molecule has 1 unspecified atom stereocenters. The van der Waals surface area contributed by atoms with Crippen LogP contribution in [0.25, 0.3) is 10.9 Å². The Morgan fingerprint density at radius 2 is 2.23 bits per heavy atom. The second kappa shape index (κ2) is 9.21. The monoisotopic (exact) mass is 425 g/mol. The minimum absolute atomic E-state index is 0.0118. The molecular formula is C20H27N9O2. The first-order valence-electron chi connectivity index (χ1n) is 10.5. The van der Waals surface area contributed by atoms with Gasteiger partial charge >= 0.3 is 0 Å². The van der Waals surface area contributed by atoms with Crippen LogP contribution in [0.15, 0.2) is 24.4 Å². The fraction of sp³-hybridized carbons (Fsp3) is 0.500. The van der Waals surface area contributed by atoms with Crippen LogP contribution in [0.2, 0.25) is 0 Å². The van der Waals surface area contributed by atoms with Crippen LogP contribution < -0.4 is 16.4 Å². The predicted molar refractivity (Wildman–Crippen MR) is 113 cm³/mol. The number of tetrazole rings is 1. The highest BCUT2D eigenvalue weighted by atomic mass is 16.2. The van der Waals surface area contributed by atoms with Crippen molar-refractivity contribution in [2.24, 2.45) is 12.8 Å². The summed E-state index contributed by atoms with van der Waals surface area (Å²) < 4.78 is 1.66. The van der Waals surface area contributed by atoms with Gasteiger partial charge in [-0.3, -0.25) is 14.3 Å². The average molecular weight is 425 g/mol. The van der Waals surface area contributed by atoms with Gasteiger partial charge in [-0.15, -0.1) is 10.2 Å². The molecule has 164 valence electrons. The van der Waals surface area contributed by atoms with Gasteiger partial charge in [-0.05, 0) is 44.4 Å². The van der Waals surface area contributed by atoms with E-state index >= 15 is 0 Å². The molecule has 0 saturated heterocycles. The number of H-pyrrole nitrogens is 1. The number of carbonyl (C=O) groups excluding carboxylic acids is 2. The molecule has 11 nitrogen and oxygen atoms in total. The van der Waals surface area contributed by atoms with Gasteiger partial charge < -0.3 is 16.4 Å². The van der Waals surface area contributed by atoms with Crippen molar-refractivity contribution in [2.45, 2.75) is 50.1 Å². The molecule has 0 spiro atoms. The first-order valence-corrected chi connectivity index (χ1v) is 10.5. The summed E-state index contributed by atoms with van der Waals surface area (Å²) in [5.74, 6) is 0.0868. The zero-order valence-corrected chi connectivity index (χ0v) is 17.4. The molecule has 1 aromatic carbocycles. The third-order valence-corrected chi connectivity index (χ3v) is 5.76. The van der Waals surface area contributed by atoms with E-state index < -0.39 is 6.04 Å². The summed E-state index contributed by atoms with van der Waals surface area (Å²) in [6.45, 7) is 0.437. The summed E-state index contributed by atoms with van der Waals surface area (Å²) in [4.78, 5) is 26.1. The molecule has 3 atom stereocenters. The van der Waals surface area contributed by atoms with Crippen LogP contribution in [-0.2, 0) is 11.8 Å². The molecule has 31 heavy (non-hydrogen) atoms. The fourth-order valence-corrected chi connectivity index (χ4v) is 4.24. The predicted octanol–water partition coefficient (Wildman–Crippen LogP) is 0.376. The molecule has 4 rings (SSSR count). The highest BCUT2D eigenvalue weighted by Gasteiger charge is 2.34. The maximum Gasteiger partial charge on any atom is 0.252 e. The molecule has 1 saturated carbocycles. The molecule has 0 aliphatic heterocycles. The quantitative estimate of drug-likeness (QED) is 0.406. The number of rotatable bonds is 8. The molecule has 1 fully saturated rings. The fourth-order valence-electron chi connectivity index (χ4n) is 4.24. The number of hydrogen-bond acceptors (Lipinski definition) is 7. The van der Waals surface area contributed by atoms with Gasteiger partial charge in [-0.25, -0.2) is 0 Å². The van der Waals surface area contributed by atoms with Crippen molar-refractivity contribution in [2.75, 3.05) is 6.54 Å². The number of amides is 2. The molecule has 2 aromatic heterocycles. The van der Waals surface area contributed by atoms with E-state index in [0.29, 0.717) is 30.8 Å². The minimum atomic E-state index is -0.686. The molecular weight excluding hydrogens is 398 g/mol. The maximum absolute atomic E-state index is 13.1. The van der Waals surface area contributed by atoms with Crippen molar-refractivity contribution in [3.63, 3.8) is 0 Å². The third-order valence-electron chi connectivity index (χ3n) is 5.76. The average Bonchev–Trinajstić information content (AvgIpc) is 3.50. The lowest BCUT2D eigenvalue weighted by molar-refractivity contribution is -0.123. The highest BCUT2D eigenvalue weighted by molar-refractivity contribution is 6.07. The topological polar surface area (TPSA) is 156 Å². The SMILES string of the molecule is Cn1cc2c(C(=O)N[C@@H](CCCN)C(=O)NC3CCC[C@H]3c3nn[nH]n3)cccc2n1. The number of carbonyl (C=O) groups is 2. The molecule has 3 aromatic rings. The van der Waals surface area contributed by atoms with Crippen molar-refractivity contribution in [3.05, 3.63) is 35.8 Å². The zero-order valence-electron chi connectivity index (χ0n) is 17.4. The number of aryl methyl sites for hydroxylation is 1. The van der Waals surface area contributed by atoms with Gasteiger partial charge in [0.1, 0.15) is 6.04 Å². The van der Waals surface area contributed by atoms with Crippen molar-refractivity contribution >= 4 is 22.7 Å². The van der Waals surface area contributed by atoms with E-state index in [1.165, 1.54) is 0 Å². The Morgan fingerprint density at radius 1 is 1.35 bits per heavy atom. The summed E-state index contributed by atoms with van der Waals surface area (Å²) in [7, 11) is 1.81. The van der Waals surface area contributed by atoms with Crippen LogP contribution in [0, 0.1) is 0 Å². The van der Waals surface area contributed by atoms with Gasteiger partial charge in [0.2, 0.25) is 5.91 Å². The maximum atomic E-state index is 13.1. The second-order valence-corrected chi connectivity index (χ2v) is 7.92. The van der Waals surface area contributed by atoms with Crippen molar-refractivity contribution < 1.29 is 9.59 Å². The Morgan fingerprint density at radius 3 is 3.00 bits per heavy atom. The van der Waals surface area contributed by atoms with E-state index in [1.807, 2.05) is 6.07 Å². The minimum Gasteiger partial charge on any atom is -0.351 e. The van der Waals surface area contributed by atoms with Crippen LogP contribution in [0.3, 0.4) is 0 Å². The summed E-state index contributed by atoms with van der Waals surface area (Å²) in [6.07, 6.45) is 5.55. The highest BCUT2D eigenvalue weighted by Crippen LogP contribution is 2.32. The van der Waals surface area contributed by atoms with Gasteiger partial charge in [0, 0.05) is 30.6 Å². The number of hydrogen-bond donors (Lipinski definition) is 4. The van der Waals surface area contributed by atoms with Gasteiger partial charge in [0.15, 0.2) is 5.82 Å². The van der Waals surface area contributed by atoms with Gasteiger partial charge in [-0.1, -0.05) is 17.7 Å². The zero-order chi connectivity index (χ0) is 21.8. The van der Waals surface area contributed by atoms with Crippen LogP contribution >= 0.6 is 0 Å². The Balaban J connectivity index is 1.48.